The largest absolute Gasteiger partial charge is 0.494 e. The van der Waals surface area contributed by atoms with Crippen LogP contribution in [0.15, 0.2) is 29.2 Å². The second-order valence-electron chi connectivity index (χ2n) is 4.22. The molecule has 1 aromatic rings. The first-order valence-electron chi connectivity index (χ1n) is 6.08. The summed E-state index contributed by atoms with van der Waals surface area (Å²) in [5.74, 6) is 0.680. The standard InChI is InChI=1S/C12H18N2O3S/c1-2-17-11-3-5-12(6-4-11)18(15,16)14-10-7-8-13-9-10/h3-6,10,13-14H,2,7-9H2,1H3/t10-/m0/s1. The molecule has 1 atom stereocenters. The lowest BCUT2D eigenvalue weighted by Gasteiger charge is -2.12. The number of benzene rings is 1. The monoisotopic (exact) mass is 270 g/mol. The Morgan fingerprint density at radius 3 is 2.67 bits per heavy atom. The average molecular weight is 270 g/mol. The molecule has 100 valence electrons. The highest BCUT2D eigenvalue weighted by Crippen LogP contribution is 2.16. The third kappa shape index (κ3) is 3.22. The van der Waals surface area contributed by atoms with Crippen LogP contribution in [0.2, 0.25) is 0 Å². The molecule has 6 heteroatoms. The van der Waals surface area contributed by atoms with Crippen molar-refractivity contribution in [2.45, 2.75) is 24.3 Å². The van der Waals surface area contributed by atoms with Crippen molar-refractivity contribution >= 4 is 10.0 Å². The van der Waals surface area contributed by atoms with Gasteiger partial charge in [-0.15, -0.1) is 0 Å². The van der Waals surface area contributed by atoms with Crippen molar-refractivity contribution in [2.24, 2.45) is 0 Å². The van der Waals surface area contributed by atoms with Crippen LogP contribution in [0.3, 0.4) is 0 Å². The molecule has 1 aliphatic heterocycles. The zero-order valence-electron chi connectivity index (χ0n) is 10.3. The second-order valence-corrected chi connectivity index (χ2v) is 5.93. The normalized spacial score (nSPS) is 19.9. The first kappa shape index (κ1) is 13.3. The molecule has 0 radical (unpaired) electrons. The van der Waals surface area contributed by atoms with E-state index in [2.05, 4.69) is 10.0 Å². The topological polar surface area (TPSA) is 67.4 Å². The maximum Gasteiger partial charge on any atom is 0.240 e. The van der Waals surface area contributed by atoms with Gasteiger partial charge in [-0.2, -0.15) is 0 Å². The lowest BCUT2D eigenvalue weighted by atomic mass is 10.3. The van der Waals surface area contributed by atoms with Crippen LogP contribution in [0.1, 0.15) is 13.3 Å². The van der Waals surface area contributed by atoms with Crippen LogP contribution in [-0.4, -0.2) is 34.2 Å². The van der Waals surface area contributed by atoms with Crippen LogP contribution >= 0.6 is 0 Å². The minimum Gasteiger partial charge on any atom is -0.494 e. The number of rotatable bonds is 5. The summed E-state index contributed by atoms with van der Waals surface area (Å²) >= 11 is 0. The molecule has 1 aliphatic rings. The van der Waals surface area contributed by atoms with Gasteiger partial charge in [-0.25, -0.2) is 13.1 Å². The number of sulfonamides is 1. The van der Waals surface area contributed by atoms with Gasteiger partial charge in [0.1, 0.15) is 5.75 Å². The quantitative estimate of drug-likeness (QED) is 0.827. The van der Waals surface area contributed by atoms with Crippen LogP contribution in [0.5, 0.6) is 5.75 Å². The minimum absolute atomic E-state index is 0.0124. The van der Waals surface area contributed by atoms with Gasteiger partial charge in [0, 0.05) is 12.6 Å². The van der Waals surface area contributed by atoms with E-state index in [1.165, 1.54) is 0 Å². The molecule has 0 bridgehead atoms. The molecule has 0 saturated carbocycles. The molecule has 2 rings (SSSR count). The van der Waals surface area contributed by atoms with Gasteiger partial charge in [0.05, 0.1) is 11.5 Å². The Hall–Kier alpha value is -1.11. The van der Waals surface area contributed by atoms with Gasteiger partial charge in [-0.1, -0.05) is 0 Å². The Labute approximate surface area is 108 Å². The molecule has 2 N–H and O–H groups in total. The molecular formula is C12H18N2O3S. The Morgan fingerprint density at radius 2 is 2.11 bits per heavy atom. The van der Waals surface area contributed by atoms with E-state index in [9.17, 15) is 8.42 Å². The van der Waals surface area contributed by atoms with Crippen LogP contribution in [0, 0.1) is 0 Å². The first-order chi connectivity index (χ1) is 8.62. The summed E-state index contributed by atoms with van der Waals surface area (Å²) in [5, 5.41) is 3.13. The van der Waals surface area contributed by atoms with Crippen LogP contribution in [0.4, 0.5) is 0 Å². The van der Waals surface area contributed by atoms with Crippen LogP contribution < -0.4 is 14.8 Å². The summed E-state index contributed by atoms with van der Waals surface area (Å²) < 4.78 is 32.1. The van der Waals surface area contributed by atoms with E-state index >= 15 is 0 Å². The number of nitrogens with one attached hydrogen (secondary N) is 2. The van der Waals surface area contributed by atoms with Gasteiger partial charge in [0.25, 0.3) is 0 Å². The Bertz CT molecular complexity index is 479. The number of hydrogen-bond donors (Lipinski definition) is 2. The van der Waals surface area contributed by atoms with Crippen molar-refractivity contribution in [2.75, 3.05) is 19.7 Å². The average Bonchev–Trinajstić information content (AvgIpc) is 2.82. The summed E-state index contributed by atoms with van der Waals surface area (Å²) in [4.78, 5) is 0.276. The number of ether oxygens (including phenoxy) is 1. The molecule has 1 saturated heterocycles. The van der Waals surface area contributed by atoms with Crippen molar-refractivity contribution in [3.8, 4) is 5.75 Å². The molecular weight excluding hydrogens is 252 g/mol. The molecule has 1 aromatic carbocycles. The summed E-state index contributed by atoms with van der Waals surface area (Å²) in [6.07, 6.45) is 0.830. The van der Waals surface area contributed by atoms with Crippen molar-refractivity contribution < 1.29 is 13.2 Å². The van der Waals surface area contributed by atoms with Gasteiger partial charge in [0.15, 0.2) is 0 Å². The zero-order chi connectivity index (χ0) is 13.0. The molecule has 0 amide bonds. The predicted molar refractivity (Wildman–Crippen MR) is 69.2 cm³/mol. The van der Waals surface area contributed by atoms with E-state index in [1.54, 1.807) is 24.3 Å². The van der Waals surface area contributed by atoms with Gasteiger partial charge >= 0.3 is 0 Å². The minimum atomic E-state index is -3.42. The second kappa shape index (κ2) is 5.69. The van der Waals surface area contributed by atoms with Crippen molar-refractivity contribution in [1.82, 2.24) is 10.0 Å². The van der Waals surface area contributed by atoms with Gasteiger partial charge < -0.3 is 10.1 Å². The maximum absolute atomic E-state index is 12.1. The Balaban J connectivity index is 2.08. The summed E-state index contributed by atoms with van der Waals surface area (Å²) in [6, 6.07) is 6.46. The van der Waals surface area contributed by atoms with Gasteiger partial charge in [-0.05, 0) is 44.2 Å². The van der Waals surface area contributed by atoms with E-state index in [0.29, 0.717) is 18.9 Å². The van der Waals surface area contributed by atoms with E-state index in [-0.39, 0.29) is 10.9 Å². The fraction of sp³-hybridized carbons (Fsp3) is 0.500. The molecule has 0 spiro atoms. The fourth-order valence-electron chi connectivity index (χ4n) is 1.92. The molecule has 0 aromatic heterocycles. The molecule has 0 unspecified atom stereocenters. The van der Waals surface area contributed by atoms with Gasteiger partial charge in [-0.3, -0.25) is 0 Å². The fourth-order valence-corrected chi connectivity index (χ4v) is 3.19. The Kier molecular flexibility index (Phi) is 4.21. The molecule has 5 nitrogen and oxygen atoms in total. The van der Waals surface area contributed by atoms with E-state index in [1.807, 2.05) is 6.92 Å². The third-order valence-corrected chi connectivity index (χ3v) is 4.36. The summed E-state index contributed by atoms with van der Waals surface area (Å²) in [6.45, 7) is 4.00. The van der Waals surface area contributed by atoms with E-state index < -0.39 is 10.0 Å². The molecule has 0 aliphatic carbocycles. The SMILES string of the molecule is CCOc1ccc(S(=O)(=O)N[C@H]2CCNC2)cc1. The lowest BCUT2D eigenvalue weighted by molar-refractivity contribution is 0.340. The highest BCUT2D eigenvalue weighted by Gasteiger charge is 2.22. The molecule has 1 fully saturated rings. The zero-order valence-corrected chi connectivity index (χ0v) is 11.2. The summed E-state index contributed by atoms with van der Waals surface area (Å²) in [7, 11) is -3.42. The van der Waals surface area contributed by atoms with Crippen LogP contribution in [-0.2, 0) is 10.0 Å². The Morgan fingerprint density at radius 1 is 1.39 bits per heavy atom. The number of hydrogen-bond acceptors (Lipinski definition) is 4. The van der Waals surface area contributed by atoms with Crippen molar-refractivity contribution in [3.05, 3.63) is 24.3 Å². The lowest BCUT2D eigenvalue weighted by Crippen LogP contribution is -2.36. The van der Waals surface area contributed by atoms with Gasteiger partial charge in [0.2, 0.25) is 10.0 Å². The van der Waals surface area contributed by atoms with E-state index in [4.69, 9.17) is 4.74 Å². The molecule has 1 heterocycles. The highest BCUT2D eigenvalue weighted by atomic mass is 32.2. The predicted octanol–water partition coefficient (Wildman–Crippen LogP) is 0.725. The first-order valence-corrected chi connectivity index (χ1v) is 7.56. The third-order valence-electron chi connectivity index (χ3n) is 2.83. The molecule has 18 heavy (non-hydrogen) atoms. The maximum atomic E-state index is 12.1. The van der Waals surface area contributed by atoms with Crippen molar-refractivity contribution in [1.29, 1.82) is 0 Å². The van der Waals surface area contributed by atoms with Crippen molar-refractivity contribution in [3.63, 3.8) is 0 Å². The van der Waals surface area contributed by atoms with E-state index in [0.717, 1.165) is 13.0 Å². The summed E-state index contributed by atoms with van der Waals surface area (Å²) in [5.41, 5.74) is 0. The van der Waals surface area contributed by atoms with Crippen LogP contribution in [0.25, 0.3) is 0 Å². The highest BCUT2D eigenvalue weighted by molar-refractivity contribution is 7.89. The smallest absolute Gasteiger partial charge is 0.240 e.